The number of ether oxygens (including phenoxy) is 1. The molecule has 1 heterocycles. The summed E-state index contributed by atoms with van der Waals surface area (Å²) in [5.41, 5.74) is 4.16. The van der Waals surface area contributed by atoms with Gasteiger partial charge in [0.15, 0.2) is 0 Å². The molecule has 0 unspecified atom stereocenters. The molecule has 2 aromatic carbocycles. The lowest BCUT2D eigenvalue weighted by molar-refractivity contribution is -0.134. The van der Waals surface area contributed by atoms with Gasteiger partial charge in [-0.1, -0.05) is 30.3 Å². The second-order valence-corrected chi connectivity index (χ2v) is 5.33. The summed E-state index contributed by atoms with van der Waals surface area (Å²) >= 11 is 0. The zero-order valence-electron chi connectivity index (χ0n) is 13.4. The van der Waals surface area contributed by atoms with Crippen LogP contribution in [0.25, 0.3) is 17.0 Å². The van der Waals surface area contributed by atoms with Crippen molar-refractivity contribution in [1.29, 1.82) is 0 Å². The Balaban J connectivity index is 1.68. The minimum Gasteiger partial charge on any atom is -0.466 e. The zero-order valence-corrected chi connectivity index (χ0v) is 13.4. The third-order valence-electron chi connectivity index (χ3n) is 3.72. The number of carbonyl (C=O) groups excluding carboxylic acids is 1. The summed E-state index contributed by atoms with van der Waals surface area (Å²) < 4.78 is 4.58. The van der Waals surface area contributed by atoms with Crippen molar-refractivity contribution in [1.82, 2.24) is 4.98 Å². The van der Waals surface area contributed by atoms with Crippen LogP contribution in [0.5, 0.6) is 0 Å². The van der Waals surface area contributed by atoms with Gasteiger partial charge in [0, 0.05) is 29.9 Å². The average Bonchev–Trinajstić information content (AvgIpc) is 2.65. The second kappa shape index (κ2) is 7.42. The van der Waals surface area contributed by atoms with E-state index < -0.39 is 0 Å². The number of hydrogen-bond acceptors (Lipinski definition) is 4. The third kappa shape index (κ3) is 3.79. The van der Waals surface area contributed by atoms with Crippen molar-refractivity contribution in [2.24, 2.45) is 0 Å². The summed E-state index contributed by atoms with van der Waals surface area (Å²) in [6.07, 6.45) is 4.95. The van der Waals surface area contributed by atoms with E-state index in [-0.39, 0.29) is 5.97 Å². The fraction of sp³-hybridized carbons (Fsp3) is 0.100. The molecule has 3 rings (SSSR count). The van der Waals surface area contributed by atoms with Crippen LogP contribution in [-0.2, 0) is 16.1 Å². The lowest BCUT2D eigenvalue weighted by atomic mass is 10.1. The largest absolute Gasteiger partial charge is 0.466 e. The van der Waals surface area contributed by atoms with Crippen molar-refractivity contribution in [2.45, 2.75) is 6.54 Å². The molecule has 1 N–H and O–H groups in total. The van der Waals surface area contributed by atoms with E-state index in [1.54, 1.807) is 12.3 Å². The zero-order chi connectivity index (χ0) is 16.8. The smallest absolute Gasteiger partial charge is 0.330 e. The van der Waals surface area contributed by atoms with Crippen LogP contribution >= 0.6 is 0 Å². The molecule has 0 radical (unpaired) electrons. The lowest BCUT2D eigenvalue weighted by Gasteiger charge is -2.09. The molecule has 4 heteroatoms. The molecular formula is C20H18N2O2. The predicted molar refractivity (Wildman–Crippen MR) is 96.6 cm³/mol. The SMILES string of the molecule is COC(=O)/C=C/c1ccc(CNc2cccc3ncccc23)cc1. The van der Waals surface area contributed by atoms with Crippen LogP contribution in [0, 0.1) is 0 Å². The van der Waals surface area contributed by atoms with Gasteiger partial charge in [0.25, 0.3) is 0 Å². The Labute approximate surface area is 140 Å². The summed E-state index contributed by atoms with van der Waals surface area (Å²) in [6.45, 7) is 0.717. The maximum absolute atomic E-state index is 11.1. The van der Waals surface area contributed by atoms with E-state index in [9.17, 15) is 4.79 Å². The van der Waals surface area contributed by atoms with Crippen LogP contribution in [0.4, 0.5) is 5.69 Å². The first-order chi connectivity index (χ1) is 11.8. The highest BCUT2D eigenvalue weighted by molar-refractivity contribution is 5.91. The average molecular weight is 318 g/mol. The molecular weight excluding hydrogens is 300 g/mol. The standard InChI is InChI=1S/C20H18N2O2/c1-24-20(23)12-11-15-7-9-16(10-8-15)14-22-19-6-2-5-18-17(19)4-3-13-21-18/h2-13,22H,14H2,1H3/b12-11+. The number of aromatic nitrogens is 1. The maximum Gasteiger partial charge on any atom is 0.330 e. The van der Waals surface area contributed by atoms with E-state index in [0.717, 1.165) is 34.3 Å². The molecule has 0 saturated carbocycles. The minimum atomic E-state index is -0.356. The summed E-state index contributed by atoms with van der Waals surface area (Å²) in [6, 6.07) is 18.1. The molecule has 0 atom stereocenters. The molecule has 0 aliphatic heterocycles. The Morgan fingerprint density at radius 2 is 1.96 bits per heavy atom. The van der Waals surface area contributed by atoms with E-state index in [0.29, 0.717) is 0 Å². The van der Waals surface area contributed by atoms with E-state index in [1.807, 2.05) is 42.5 Å². The van der Waals surface area contributed by atoms with Crippen molar-refractivity contribution in [3.63, 3.8) is 0 Å². The number of anilines is 1. The lowest BCUT2D eigenvalue weighted by Crippen LogP contribution is -2.00. The van der Waals surface area contributed by atoms with Crippen molar-refractivity contribution in [2.75, 3.05) is 12.4 Å². The molecule has 0 amide bonds. The number of esters is 1. The Kier molecular flexibility index (Phi) is 4.87. The van der Waals surface area contributed by atoms with Gasteiger partial charge in [-0.2, -0.15) is 0 Å². The quantitative estimate of drug-likeness (QED) is 0.570. The van der Waals surface area contributed by atoms with Crippen LogP contribution in [0.2, 0.25) is 0 Å². The highest BCUT2D eigenvalue weighted by Gasteiger charge is 2.01. The molecule has 1 aromatic heterocycles. The first kappa shape index (κ1) is 15.7. The molecule has 0 saturated heterocycles. The maximum atomic E-state index is 11.1. The summed E-state index contributed by atoms with van der Waals surface area (Å²) in [4.78, 5) is 15.5. The van der Waals surface area contributed by atoms with Crippen LogP contribution in [0.3, 0.4) is 0 Å². The number of hydrogen-bond donors (Lipinski definition) is 1. The van der Waals surface area contributed by atoms with Gasteiger partial charge in [0.05, 0.1) is 12.6 Å². The van der Waals surface area contributed by atoms with Crippen molar-refractivity contribution in [3.05, 3.63) is 78.0 Å². The van der Waals surface area contributed by atoms with Gasteiger partial charge in [-0.25, -0.2) is 4.79 Å². The van der Waals surface area contributed by atoms with E-state index in [4.69, 9.17) is 0 Å². The second-order valence-electron chi connectivity index (χ2n) is 5.33. The number of benzene rings is 2. The molecule has 0 fully saturated rings. The highest BCUT2D eigenvalue weighted by Crippen LogP contribution is 2.22. The summed E-state index contributed by atoms with van der Waals surface area (Å²) in [5.74, 6) is -0.356. The Hall–Kier alpha value is -3.14. The van der Waals surface area contributed by atoms with Crippen LogP contribution < -0.4 is 5.32 Å². The monoisotopic (exact) mass is 318 g/mol. The number of fused-ring (bicyclic) bond motifs is 1. The Bertz CT molecular complexity index is 865. The van der Waals surface area contributed by atoms with Gasteiger partial charge in [-0.3, -0.25) is 4.98 Å². The Morgan fingerprint density at radius 3 is 2.75 bits per heavy atom. The first-order valence-electron chi connectivity index (χ1n) is 7.69. The summed E-state index contributed by atoms with van der Waals surface area (Å²) in [5, 5.41) is 4.56. The molecule has 0 spiro atoms. The number of rotatable bonds is 5. The first-order valence-corrected chi connectivity index (χ1v) is 7.69. The number of nitrogens with one attached hydrogen (secondary N) is 1. The summed E-state index contributed by atoms with van der Waals surface area (Å²) in [7, 11) is 1.37. The van der Waals surface area contributed by atoms with Gasteiger partial charge in [0.1, 0.15) is 0 Å². The third-order valence-corrected chi connectivity index (χ3v) is 3.72. The molecule has 120 valence electrons. The topological polar surface area (TPSA) is 51.2 Å². The molecule has 3 aromatic rings. The van der Waals surface area contributed by atoms with E-state index in [2.05, 4.69) is 27.2 Å². The van der Waals surface area contributed by atoms with Gasteiger partial charge >= 0.3 is 5.97 Å². The molecule has 0 aliphatic carbocycles. The van der Waals surface area contributed by atoms with Crippen LogP contribution in [0.15, 0.2) is 66.9 Å². The van der Waals surface area contributed by atoms with Crippen LogP contribution in [0.1, 0.15) is 11.1 Å². The van der Waals surface area contributed by atoms with Crippen LogP contribution in [-0.4, -0.2) is 18.1 Å². The Morgan fingerprint density at radius 1 is 1.12 bits per heavy atom. The number of methoxy groups -OCH3 is 1. The molecule has 24 heavy (non-hydrogen) atoms. The molecule has 0 bridgehead atoms. The predicted octanol–water partition coefficient (Wildman–Crippen LogP) is 4.03. The fourth-order valence-electron chi connectivity index (χ4n) is 2.43. The van der Waals surface area contributed by atoms with Crippen molar-refractivity contribution >= 4 is 28.6 Å². The number of carbonyl (C=O) groups is 1. The minimum absolute atomic E-state index is 0.356. The van der Waals surface area contributed by atoms with E-state index >= 15 is 0 Å². The van der Waals surface area contributed by atoms with Crippen molar-refractivity contribution < 1.29 is 9.53 Å². The van der Waals surface area contributed by atoms with Gasteiger partial charge in [-0.05, 0) is 41.5 Å². The number of nitrogens with zero attached hydrogens (tertiary/aromatic N) is 1. The van der Waals surface area contributed by atoms with Crippen molar-refractivity contribution in [3.8, 4) is 0 Å². The molecule has 4 nitrogen and oxygen atoms in total. The number of pyridine rings is 1. The van der Waals surface area contributed by atoms with Gasteiger partial charge in [0.2, 0.25) is 0 Å². The fourth-order valence-corrected chi connectivity index (χ4v) is 2.43. The van der Waals surface area contributed by atoms with Gasteiger partial charge in [-0.15, -0.1) is 0 Å². The highest BCUT2D eigenvalue weighted by atomic mass is 16.5. The van der Waals surface area contributed by atoms with E-state index in [1.165, 1.54) is 13.2 Å². The molecule has 0 aliphatic rings. The van der Waals surface area contributed by atoms with Gasteiger partial charge < -0.3 is 10.1 Å². The normalized spacial score (nSPS) is 10.9.